The minimum Gasteiger partial charge on any atom is -0.444 e. The number of Topliss-reactive ketones (excluding diaryl/α,β-unsaturated/α-hetero) is 1. The topological polar surface area (TPSA) is 76.1 Å². The first-order valence-electron chi connectivity index (χ1n) is 7.84. The maximum Gasteiger partial charge on any atom is 0.205 e. The van der Waals surface area contributed by atoms with Gasteiger partial charge in [-0.05, 0) is 29.4 Å². The lowest BCUT2D eigenvalue weighted by Crippen LogP contribution is -2.33. The monoisotopic (exact) mass is 340 g/mol. The largest absolute Gasteiger partial charge is 0.444 e. The highest BCUT2D eigenvalue weighted by Crippen LogP contribution is 2.47. The molecule has 24 heavy (non-hydrogen) atoms. The molecule has 1 aliphatic heterocycles. The number of nitriles is 1. The Balaban J connectivity index is 2.14. The molecule has 4 nitrogen and oxygen atoms in total. The van der Waals surface area contributed by atoms with Crippen molar-refractivity contribution in [1.29, 1.82) is 5.26 Å². The first-order chi connectivity index (χ1) is 11.4. The van der Waals surface area contributed by atoms with Gasteiger partial charge in [0.15, 0.2) is 5.78 Å². The van der Waals surface area contributed by atoms with E-state index < -0.39 is 5.92 Å². The van der Waals surface area contributed by atoms with Crippen molar-refractivity contribution in [3.8, 4) is 6.07 Å². The lowest BCUT2D eigenvalue weighted by molar-refractivity contribution is -0.119. The van der Waals surface area contributed by atoms with Crippen LogP contribution in [0.2, 0.25) is 0 Å². The molecule has 5 heteroatoms. The van der Waals surface area contributed by atoms with E-state index in [1.807, 2.05) is 44.4 Å². The van der Waals surface area contributed by atoms with Gasteiger partial charge in [-0.1, -0.05) is 26.0 Å². The SMILES string of the molecule is CSc1ccc(C2C(C#N)=C(N)OC3=C2C(=O)CC(C)(C)C3)cc1. The molecule has 1 aliphatic carbocycles. The lowest BCUT2D eigenvalue weighted by atomic mass is 9.70. The number of thioether (sulfide) groups is 1. The van der Waals surface area contributed by atoms with Gasteiger partial charge in [-0.3, -0.25) is 4.79 Å². The van der Waals surface area contributed by atoms with E-state index in [-0.39, 0.29) is 17.1 Å². The van der Waals surface area contributed by atoms with Gasteiger partial charge in [0, 0.05) is 23.3 Å². The standard InChI is InChI=1S/C19H20N2O2S/c1-19(2)8-14(22)17-15(9-19)23-18(21)13(10-20)16(17)11-4-6-12(24-3)7-5-11/h4-7,16H,8-9,21H2,1-3H3. The minimum absolute atomic E-state index is 0.0421. The van der Waals surface area contributed by atoms with Gasteiger partial charge < -0.3 is 10.5 Å². The van der Waals surface area contributed by atoms with E-state index in [9.17, 15) is 10.1 Å². The summed E-state index contributed by atoms with van der Waals surface area (Å²) in [5, 5.41) is 9.57. The minimum atomic E-state index is -0.432. The predicted molar refractivity (Wildman–Crippen MR) is 93.9 cm³/mol. The molecule has 0 saturated heterocycles. The summed E-state index contributed by atoms with van der Waals surface area (Å²) >= 11 is 1.65. The first-order valence-corrected chi connectivity index (χ1v) is 9.06. The number of ether oxygens (including phenoxy) is 1. The van der Waals surface area contributed by atoms with E-state index in [1.54, 1.807) is 11.8 Å². The van der Waals surface area contributed by atoms with E-state index in [0.29, 0.717) is 29.7 Å². The second kappa shape index (κ2) is 6.03. The summed E-state index contributed by atoms with van der Waals surface area (Å²) in [5.41, 5.74) is 7.65. The van der Waals surface area contributed by atoms with Crippen molar-refractivity contribution in [2.75, 3.05) is 6.26 Å². The molecular weight excluding hydrogens is 320 g/mol. The van der Waals surface area contributed by atoms with Gasteiger partial charge in [0.25, 0.3) is 0 Å². The van der Waals surface area contributed by atoms with Crippen LogP contribution in [0.5, 0.6) is 0 Å². The Morgan fingerprint density at radius 2 is 1.96 bits per heavy atom. The van der Waals surface area contributed by atoms with Crippen LogP contribution in [-0.4, -0.2) is 12.0 Å². The molecule has 1 aromatic carbocycles. The van der Waals surface area contributed by atoms with Crippen molar-refractivity contribution < 1.29 is 9.53 Å². The number of allylic oxidation sites excluding steroid dienone is 3. The Morgan fingerprint density at radius 1 is 1.29 bits per heavy atom. The van der Waals surface area contributed by atoms with Crippen LogP contribution >= 0.6 is 11.8 Å². The van der Waals surface area contributed by atoms with Gasteiger partial charge in [0.1, 0.15) is 17.4 Å². The summed E-state index contributed by atoms with van der Waals surface area (Å²) in [5.74, 6) is 0.339. The lowest BCUT2D eigenvalue weighted by Gasteiger charge is -2.37. The van der Waals surface area contributed by atoms with Gasteiger partial charge in [-0.25, -0.2) is 0 Å². The van der Waals surface area contributed by atoms with Crippen molar-refractivity contribution in [2.45, 2.75) is 37.5 Å². The van der Waals surface area contributed by atoms with Gasteiger partial charge in [-0.2, -0.15) is 5.26 Å². The molecule has 1 atom stereocenters. The van der Waals surface area contributed by atoms with Gasteiger partial charge in [0.05, 0.1) is 5.92 Å². The molecule has 0 aromatic heterocycles. The second-order valence-corrected chi connectivity index (χ2v) is 7.86. The number of ketones is 1. The third-order valence-corrected chi connectivity index (χ3v) is 5.27. The zero-order chi connectivity index (χ0) is 17.5. The average molecular weight is 340 g/mol. The summed E-state index contributed by atoms with van der Waals surface area (Å²) in [6.45, 7) is 4.08. The Labute approximate surface area is 146 Å². The fourth-order valence-electron chi connectivity index (χ4n) is 3.41. The highest BCUT2D eigenvalue weighted by atomic mass is 32.2. The van der Waals surface area contributed by atoms with Crippen LogP contribution in [-0.2, 0) is 9.53 Å². The number of carbonyl (C=O) groups excluding carboxylic acids is 1. The van der Waals surface area contributed by atoms with E-state index in [2.05, 4.69) is 6.07 Å². The number of benzene rings is 1. The molecule has 0 spiro atoms. The van der Waals surface area contributed by atoms with Crippen LogP contribution in [0.15, 0.2) is 51.9 Å². The first kappa shape index (κ1) is 16.7. The van der Waals surface area contributed by atoms with E-state index in [0.717, 1.165) is 10.5 Å². The van der Waals surface area contributed by atoms with Crippen LogP contribution in [0.25, 0.3) is 0 Å². The number of nitrogens with two attached hydrogens (primary N) is 1. The summed E-state index contributed by atoms with van der Waals surface area (Å²) in [7, 11) is 0. The Morgan fingerprint density at radius 3 is 2.54 bits per heavy atom. The van der Waals surface area contributed by atoms with Gasteiger partial charge in [0.2, 0.25) is 5.88 Å². The van der Waals surface area contributed by atoms with E-state index >= 15 is 0 Å². The molecule has 0 bridgehead atoms. The third kappa shape index (κ3) is 2.83. The summed E-state index contributed by atoms with van der Waals surface area (Å²) < 4.78 is 5.69. The zero-order valence-corrected chi connectivity index (χ0v) is 14.9. The highest BCUT2D eigenvalue weighted by molar-refractivity contribution is 7.98. The number of rotatable bonds is 2. The van der Waals surface area contributed by atoms with Crippen molar-refractivity contribution in [2.24, 2.45) is 11.1 Å². The Hall–Kier alpha value is -2.19. The fraction of sp³-hybridized carbons (Fsp3) is 0.368. The van der Waals surface area contributed by atoms with Crippen molar-refractivity contribution >= 4 is 17.5 Å². The zero-order valence-electron chi connectivity index (χ0n) is 14.1. The van der Waals surface area contributed by atoms with Crippen LogP contribution < -0.4 is 5.73 Å². The van der Waals surface area contributed by atoms with Crippen LogP contribution in [0, 0.1) is 16.7 Å². The predicted octanol–water partition coefficient (Wildman–Crippen LogP) is 3.86. The number of nitrogens with zero attached hydrogens (tertiary/aromatic N) is 1. The third-order valence-electron chi connectivity index (χ3n) is 4.52. The smallest absolute Gasteiger partial charge is 0.205 e. The van der Waals surface area contributed by atoms with Crippen LogP contribution in [0.4, 0.5) is 0 Å². The summed E-state index contributed by atoms with van der Waals surface area (Å²) in [4.78, 5) is 13.9. The molecule has 124 valence electrons. The van der Waals surface area contributed by atoms with E-state index in [1.165, 1.54) is 0 Å². The normalized spacial score (nSPS) is 22.8. The van der Waals surface area contributed by atoms with Gasteiger partial charge in [-0.15, -0.1) is 11.8 Å². The van der Waals surface area contributed by atoms with Gasteiger partial charge >= 0.3 is 0 Å². The quantitative estimate of drug-likeness (QED) is 0.827. The molecule has 0 saturated carbocycles. The molecule has 1 heterocycles. The second-order valence-electron chi connectivity index (χ2n) is 6.98. The van der Waals surface area contributed by atoms with Crippen LogP contribution in [0.1, 0.15) is 38.2 Å². The molecule has 0 amide bonds. The van der Waals surface area contributed by atoms with Crippen molar-refractivity contribution in [3.63, 3.8) is 0 Å². The summed E-state index contributed by atoms with van der Waals surface area (Å²) in [6, 6.07) is 10.1. The van der Waals surface area contributed by atoms with Crippen LogP contribution in [0.3, 0.4) is 0 Å². The molecule has 0 radical (unpaired) electrons. The molecule has 2 aliphatic rings. The van der Waals surface area contributed by atoms with Crippen molar-refractivity contribution in [1.82, 2.24) is 0 Å². The number of carbonyl (C=O) groups is 1. The Kier molecular flexibility index (Phi) is 4.18. The maximum absolute atomic E-state index is 12.8. The average Bonchev–Trinajstić information content (AvgIpc) is 2.52. The molecule has 3 rings (SSSR count). The van der Waals surface area contributed by atoms with E-state index in [4.69, 9.17) is 10.5 Å². The molecule has 2 N–H and O–H groups in total. The molecule has 1 aromatic rings. The highest BCUT2D eigenvalue weighted by Gasteiger charge is 2.42. The number of hydrogen-bond donors (Lipinski definition) is 1. The maximum atomic E-state index is 12.8. The summed E-state index contributed by atoms with van der Waals surface area (Å²) in [6.07, 6.45) is 3.11. The van der Waals surface area contributed by atoms with Crippen molar-refractivity contribution in [3.05, 3.63) is 52.6 Å². The Bertz CT molecular complexity index is 798. The molecule has 1 unspecified atom stereocenters. The fourth-order valence-corrected chi connectivity index (χ4v) is 3.82. The molecule has 0 fully saturated rings. The number of hydrogen-bond acceptors (Lipinski definition) is 5. The molecular formula is C19H20N2O2S.